The van der Waals surface area contributed by atoms with Crippen molar-refractivity contribution in [3.8, 4) is 0 Å². The number of nitrogens with two attached hydrogens (primary N) is 1. The van der Waals surface area contributed by atoms with Crippen molar-refractivity contribution >= 4 is 37.5 Å². The van der Waals surface area contributed by atoms with Gasteiger partial charge in [0.25, 0.3) is 10.0 Å². The number of aromatic nitrogens is 1. The lowest BCUT2D eigenvalue weighted by Gasteiger charge is -2.09. The molecule has 1 aromatic carbocycles. The summed E-state index contributed by atoms with van der Waals surface area (Å²) in [6, 6.07) is 6.28. The molecule has 0 spiro atoms. The summed E-state index contributed by atoms with van der Waals surface area (Å²) < 4.78 is 39.8. The number of anilines is 2. The molecule has 5 nitrogen and oxygen atoms in total. The van der Waals surface area contributed by atoms with Gasteiger partial charge in [-0.05, 0) is 46.3 Å². The third-order valence-corrected chi connectivity index (χ3v) is 4.08. The number of sulfonamides is 1. The summed E-state index contributed by atoms with van der Waals surface area (Å²) >= 11 is 3.12. The molecule has 8 heteroatoms. The van der Waals surface area contributed by atoms with Crippen LogP contribution >= 0.6 is 15.9 Å². The first-order valence-corrected chi connectivity index (χ1v) is 7.35. The Morgan fingerprint density at radius 3 is 2.53 bits per heavy atom. The van der Waals surface area contributed by atoms with Crippen LogP contribution < -0.4 is 10.5 Å². The fraction of sp³-hybridized carbons (Fsp3) is 0. The smallest absolute Gasteiger partial charge is 0.265 e. The molecule has 0 aliphatic rings. The van der Waals surface area contributed by atoms with Crippen LogP contribution in [0.1, 0.15) is 0 Å². The Kier molecular flexibility index (Phi) is 3.72. The van der Waals surface area contributed by atoms with Crippen LogP contribution in [0.5, 0.6) is 0 Å². The van der Waals surface area contributed by atoms with Crippen LogP contribution in [-0.2, 0) is 10.0 Å². The summed E-state index contributed by atoms with van der Waals surface area (Å²) in [6.07, 6.45) is 1.40. The maximum atomic E-state index is 12.7. The monoisotopic (exact) mass is 345 g/mol. The highest BCUT2D eigenvalue weighted by atomic mass is 79.9. The number of nitrogen functional groups attached to an aromatic ring is 1. The molecule has 0 amide bonds. The van der Waals surface area contributed by atoms with E-state index in [1.165, 1.54) is 24.4 Å². The first-order chi connectivity index (χ1) is 8.88. The molecule has 0 aliphatic carbocycles. The Hall–Kier alpha value is -1.67. The van der Waals surface area contributed by atoms with Crippen molar-refractivity contribution in [1.82, 2.24) is 4.98 Å². The van der Waals surface area contributed by atoms with E-state index in [2.05, 4.69) is 25.6 Å². The maximum Gasteiger partial charge on any atom is 0.265 e. The van der Waals surface area contributed by atoms with Crippen molar-refractivity contribution in [2.75, 3.05) is 10.5 Å². The van der Waals surface area contributed by atoms with Gasteiger partial charge in [-0.1, -0.05) is 0 Å². The van der Waals surface area contributed by atoms with Gasteiger partial charge in [0, 0.05) is 16.4 Å². The van der Waals surface area contributed by atoms with Crippen LogP contribution in [0.3, 0.4) is 0 Å². The zero-order valence-electron chi connectivity index (χ0n) is 9.47. The highest BCUT2D eigenvalue weighted by molar-refractivity contribution is 9.10. The molecule has 3 N–H and O–H groups in total. The van der Waals surface area contributed by atoms with Crippen LogP contribution in [0.15, 0.2) is 45.9 Å². The first kappa shape index (κ1) is 13.8. The molecule has 0 aliphatic heterocycles. The minimum Gasteiger partial charge on any atom is -0.383 e. The Bertz CT molecular complexity index is 704. The van der Waals surface area contributed by atoms with E-state index >= 15 is 0 Å². The fourth-order valence-electron chi connectivity index (χ4n) is 1.37. The van der Waals surface area contributed by atoms with Gasteiger partial charge in [-0.25, -0.2) is 17.8 Å². The molecule has 19 heavy (non-hydrogen) atoms. The zero-order valence-corrected chi connectivity index (χ0v) is 11.9. The standard InChI is InChI=1S/C11H9BrFN3O2S/c12-7-5-10(11(14)15-6-7)19(17,18)16-9-3-1-8(13)2-4-9/h1-6,16H,(H2,14,15). The average Bonchev–Trinajstić information content (AvgIpc) is 2.35. The van der Waals surface area contributed by atoms with Crippen molar-refractivity contribution in [3.63, 3.8) is 0 Å². The highest BCUT2D eigenvalue weighted by Gasteiger charge is 2.19. The summed E-state index contributed by atoms with van der Waals surface area (Å²) in [6.45, 7) is 0. The molecule has 2 aromatic rings. The lowest BCUT2D eigenvalue weighted by molar-refractivity contribution is 0.601. The lowest BCUT2D eigenvalue weighted by atomic mass is 10.3. The third-order valence-electron chi connectivity index (χ3n) is 2.23. The second-order valence-corrected chi connectivity index (χ2v) is 6.22. The van der Waals surface area contributed by atoms with Gasteiger partial charge in [0.2, 0.25) is 0 Å². The predicted octanol–water partition coefficient (Wildman–Crippen LogP) is 2.37. The van der Waals surface area contributed by atoms with Crippen LogP contribution in [0.4, 0.5) is 15.9 Å². The number of rotatable bonds is 3. The summed E-state index contributed by atoms with van der Waals surface area (Å²) in [4.78, 5) is 3.61. The topological polar surface area (TPSA) is 85.1 Å². The summed E-state index contributed by atoms with van der Waals surface area (Å²) in [5, 5.41) is 0. The number of hydrogen-bond donors (Lipinski definition) is 2. The minimum atomic E-state index is -3.87. The Labute approximate surface area is 117 Å². The first-order valence-electron chi connectivity index (χ1n) is 5.08. The molecule has 0 radical (unpaired) electrons. The van der Waals surface area contributed by atoms with E-state index in [-0.39, 0.29) is 16.4 Å². The van der Waals surface area contributed by atoms with Gasteiger partial charge in [-0.15, -0.1) is 0 Å². The van der Waals surface area contributed by atoms with Crippen molar-refractivity contribution in [3.05, 3.63) is 46.8 Å². The number of hydrogen-bond acceptors (Lipinski definition) is 4. The molecule has 2 rings (SSSR count). The van der Waals surface area contributed by atoms with Crippen LogP contribution in [-0.4, -0.2) is 13.4 Å². The summed E-state index contributed by atoms with van der Waals surface area (Å²) in [5.41, 5.74) is 5.78. The largest absolute Gasteiger partial charge is 0.383 e. The SMILES string of the molecule is Nc1ncc(Br)cc1S(=O)(=O)Nc1ccc(F)cc1. The molecule has 0 saturated heterocycles. The zero-order chi connectivity index (χ0) is 14.0. The molecule has 0 atom stereocenters. The lowest BCUT2D eigenvalue weighted by Crippen LogP contribution is -2.15. The Balaban J connectivity index is 2.37. The van der Waals surface area contributed by atoms with E-state index in [0.717, 1.165) is 12.1 Å². The van der Waals surface area contributed by atoms with Gasteiger partial charge in [0.1, 0.15) is 16.5 Å². The van der Waals surface area contributed by atoms with E-state index in [1.54, 1.807) is 0 Å². The number of nitrogens with one attached hydrogen (secondary N) is 1. The number of halogens is 2. The van der Waals surface area contributed by atoms with E-state index in [0.29, 0.717) is 4.47 Å². The number of pyridine rings is 1. The molecule has 0 saturated carbocycles. The molecule has 1 aromatic heterocycles. The molecular formula is C11H9BrFN3O2S. The molecular weight excluding hydrogens is 337 g/mol. The normalized spacial score (nSPS) is 11.3. The quantitative estimate of drug-likeness (QED) is 0.894. The molecule has 1 heterocycles. The average molecular weight is 346 g/mol. The van der Waals surface area contributed by atoms with Gasteiger partial charge in [-0.3, -0.25) is 4.72 Å². The van der Waals surface area contributed by atoms with Gasteiger partial charge >= 0.3 is 0 Å². The van der Waals surface area contributed by atoms with Crippen molar-refractivity contribution in [2.24, 2.45) is 0 Å². The third kappa shape index (κ3) is 3.21. The van der Waals surface area contributed by atoms with E-state index in [1.807, 2.05) is 0 Å². The summed E-state index contributed by atoms with van der Waals surface area (Å²) in [7, 11) is -3.87. The Morgan fingerprint density at radius 2 is 1.89 bits per heavy atom. The molecule has 0 bridgehead atoms. The second-order valence-electron chi connectivity index (χ2n) is 3.65. The van der Waals surface area contributed by atoms with Gasteiger partial charge in [0.15, 0.2) is 0 Å². The number of benzene rings is 1. The van der Waals surface area contributed by atoms with E-state index in [4.69, 9.17) is 5.73 Å². The van der Waals surface area contributed by atoms with Gasteiger partial charge in [-0.2, -0.15) is 0 Å². The summed E-state index contributed by atoms with van der Waals surface area (Å²) in [5.74, 6) is -0.565. The van der Waals surface area contributed by atoms with Gasteiger partial charge in [0.05, 0.1) is 0 Å². The molecule has 0 fully saturated rings. The molecule has 0 unspecified atom stereocenters. The van der Waals surface area contributed by atoms with Crippen molar-refractivity contribution < 1.29 is 12.8 Å². The second kappa shape index (κ2) is 5.14. The maximum absolute atomic E-state index is 12.7. The minimum absolute atomic E-state index is 0.113. The van der Waals surface area contributed by atoms with Crippen LogP contribution in [0.2, 0.25) is 0 Å². The molecule has 100 valence electrons. The van der Waals surface area contributed by atoms with E-state index < -0.39 is 15.8 Å². The Morgan fingerprint density at radius 1 is 1.26 bits per heavy atom. The van der Waals surface area contributed by atoms with Crippen LogP contribution in [0.25, 0.3) is 0 Å². The van der Waals surface area contributed by atoms with Crippen molar-refractivity contribution in [2.45, 2.75) is 4.90 Å². The predicted molar refractivity (Wildman–Crippen MR) is 73.6 cm³/mol. The van der Waals surface area contributed by atoms with Crippen LogP contribution in [0, 0.1) is 5.82 Å². The van der Waals surface area contributed by atoms with E-state index in [9.17, 15) is 12.8 Å². The highest BCUT2D eigenvalue weighted by Crippen LogP contribution is 2.23. The number of nitrogens with zero attached hydrogens (tertiary/aromatic N) is 1. The fourth-order valence-corrected chi connectivity index (χ4v) is 3.02. The van der Waals surface area contributed by atoms with Crippen molar-refractivity contribution in [1.29, 1.82) is 0 Å². The van der Waals surface area contributed by atoms with Gasteiger partial charge < -0.3 is 5.73 Å².